The predicted octanol–water partition coefficient (Wildman–Crippen LogP) is 4.64. The molecule has 0 unspecified atom stereocenters. The first-order valence-corrected chi connectivity index (χ1v) is 9.32. The molecule has 0 fully saturated rings. The molecule has 0 radical (unpaired) electrons. The van der Waals surface area contributed by atoms with E-state index in [1.54, 1.807) is 30.2 Å². The predicted molar refractivity (Wildman–Crippen MR) is 96.3 cm³/mol. The van der Waals surface area contributed by atoms with E-state index < -0.39 is 0 Å². The lowest BCUT2D eigenvalue weighted by molar-refractivity contribution is 0.411. The number of benzene rings is 1. The fourth-order valence-corrected chi connectivity index (χ4v) is 4.13. The molecule has 4 nitrogen and oxygen atoms in total. The molecule has 0 aliphatic carbocycles. The van der Waals surface area contributed by atoms with Gasteiger partial charge in [0.1, 0.15) is 5.75 Å². The van der Waals surface area contributed by atoms with Gasteiger partial charge in [0.05, 0.1) is 12.0 Å². The molecule has 0 aliphatic heterocycles. The van der Waals surface area contributed by atoms with Gasteiger partial charge in [0, 0.05) is 17.9 Å². The fraction of sp³-hybridized carbons (Fsp3) is 0.294. The van der Waals surface area contributed by atoms with Crippen LogP contribution < -0.4 is 4.74 Å². The second-order valence-corrected chi connectivity index (χ2v) is 7.02. The van der Waals surface area contributed by atoms with E-state index in [0.717, 1.165) is 33.9 Å². The van der Waals surface area contributed by atoms with Crippen molar-refractivity contribution in [1.82, 2.24) is 14.8 Å². The van der Waals surface area contributed by atoms with Gasteiger partial charge in [-0.3, -0.25) is 0 Å². The Morgan fingerprint density at radius 1 is 1.26 bits per heavy atom. The van der Waals surface area contributed by atoms with Crippen LogP contribution in [0.5, 0.6) is 5.75 Å². The number of aryl methyl sites for hydroxylation is 1. The molecule has 3 aromatic rings. The maximum absolute atomic E-state index is 5.45. The van der Waals surface area contributed by atoms with Crippen LogP contribution in [-0.4, -0.2) is 21.9 Å². The summed E-state index contributed by atoms with van der Waals surface area (Å²) in [6.07, 6.45) is 0. The molecule has 2 aromatic heterocycles. The number of rotatable bonds is 6. The van der Waals surface area contributed by atoms with Crippen molar-refractivity contribution >= 4 is 23.1 Å². The Bertz CT molecular complexity index is 781. The van der Waals surface area contributed by atoms with Crippen LogP contribution in [0.4, 0.5) is 0 Å². The van der Waals surface area contributed by atoms with Gasteiger partial charge in [0.15, 0.2) is 11.0 Å². The number of nitrogens with zero attached hydrogens (tertiary/aromatic N) is 3. The Morgan fingerprint density at radius 2 is 2.13 bits per heavy atom. The van der Waals surface area contributed by atoms with Gasteiger partial charge in [-0.1, -0.05) is 35.5 Å². The molecule has 0 amide bonds. The van der Waals surface area contributed by atoms with Crippen LogP contribution in [0.3, 0.4) is 0 Å². The Balaban J connectivity index is 1.83. The Hall–Kier alpha value is -1.79. The summed E-state index contributed by atoms with van der Waals surface area (Å²) >= 11 is 3.38. The van der Waals surface area contributed by atoms with Gasteiger partial charge in [-0.25, -0.2) is 0 Å². The van der Waals surface area contributed by atoms with Gasteiger partial charge in [-0.15, -0.1) is 21.5 Å². The van der Waals surface area contributed by atoms with Crippen molar-refractivity contribution in [3.05, 3.63) is 46.8 Å². The molecule has 0 atom stereocenters. The van der Waals surface area contributed by atoms with Gasteiger partial charge < -0.3 is 9.30 Å². The van der Waals surface area contributed by atoms with Gasteiger partial charge in [-0.2, -0.15) is 0 Å². The summed E-state index contributed by atoms with van der Waals surface area (Å²) in [6.45, 7) is 5.07. The summed E-state index contributed by atoms with van der Waals surface area (Å²) in [7, 11) is 1.71. The average Bonchev–Trinajstić information content (AvgIpc) is 3.21. The van der Waals surface area contributed by atoms with E-state index in [0.29, 0.717) is 0 Å². The smallest absolute Gasteiger partial charge is 0.191 e. The fourth-order valence-electron chi connectivity index (χ4n) is 2.43. The molecule has 120 valence electrons. The highest BCUT2D eigenvalue weighted by Gasteiger charge is 2.14. The van der Waals surface area contributed by atoms with Crippen molar-refractivity contribution in [3.8, 4) is 16.5 Å². The second-order valence-electron chi connectivity index (χ2n) is 5.13. The lowest BCUT2D eigenvalue weighted by Gasteiger charge is -2.10. The third-order valence-corrected chi connectivity index (χ3v) is 5.45. The number of ether oxygens (including phenoxy) is 1. The van der Waals surface area contributed by atoms with Gasteiger partial charge in [0.2, 0.25) is 0 Å². The molecule has 23 heavy (non-hydrogen) atoms. The Morgan fingerprint density at radius 3 is 2.83 bits per heavy atom. The SMILES string of the molecule is CCn1c(SCc2cc(C)ccc2OC)nnc1-c1cccs1. The molecule has 0 saturated heterocycles. The number of thiophene rings is 1. The Kier molecular flexibility index (Phi) is 5.03. The number of hydrogen-bond acceptors (Lipinski definition) is 5. The third kappa shape index (κ3) is 3.43. The molecule has 0 aliphatic rings. The Labute approximate surface area is 144 Å². The van der Waals surface area contributed by atoms with Crippen molar-refractivity contribution in [3.63, 3.8) is 0 Å². The zero-order valence-corrected chi connectivity index (χ0v) is 15.1. The van der Waals surface area contributed by atoms with Crippen LogP contribution in [0.15, 0.2) is 40.9 Å². The quantitative estimate of drug-likeness (QED) is 0.610. The van der Waals surface area contributed by atoms with E-state index in [9.17, 15) is 0 Å². The van der Waals surface area contributed by atoms with E-state index >= 15 is 0 Å². The molecule has 0 saturated carbocycles. The first-order valence-electron chi connectivity index (χ1n) is 7.46. The van der Waals surface area contributed by atoms with Crippen molar-refractivity contribution in [2.75, 3.05) is 7.11 Å². The summed E-state index contributed by atoms with van der Waals surface area (Å²) in [6, 6.07) is 10.4. The highest BCUT2D eigenvalue weighted by atomic mass is 32.2. The maximum Gasteiger partial charge on any atom is 0.191 e. The number of thioether (sulfide) groups is 1. The second kappa shape index (κ2) is 7.19. The minimum Gasteiger partial charge on any atom is -0.496 e. The van der Waals surface area contributed by atoms with E-state index in [4.69, 9.17) is 4.74 Å². The van der Waals surface area contributed by atoms with E-state index in [2.05, 4.69) is 52.2 Å². The summed E-state index contributed by atoms with van der Waals surface area (Å²) in [5, 5.41) is 11.8. The first kappa shape index (κ1) is 16.1. The molecular formula is C17H19N3OS2. The first-order chi connectivity index (χ1) is 11.2. The van der Waals surface area contributed by atoms with Crippen molar-refractivity contribution < 1.29 is 4.74 Å². The zero-order chi connectivity index (χ0) is 16.2. The highest BCUT2D eigenvalue weighted by molar-refractivity contribution is 7.98. The van der Waals surface area contributed by atoms with E-state index in [-0.39, 0.29) is 0 Å². The van der Waals surface area contributed by atoms with Crippen LogP contribution in [-0.2, 0) is 12.3 Å². The zero-order valence-electron chi connectivity index (χ0n) is 13.4. The molecule has 0 bridgehead atoms. The van der Waals surface area contributed by atoms with Crippen LogP contribution in [0.1, 0.15) is 18.1 Å². The van der Waals surface area contributed by atoms with Gasteiger partial charge in [0.25, 0.3) is 0 Å². The molecule has 0 spiro atoms. The summed E-state index contributed by atoms with van der Waals surface area (Å²) in [5.74, 6) is 2.68. The van der Waals surface area contributed by atoms with Crippen LogP contribution in [0, 0.1) is 6.92 Å². The van der Waals surface area contributed by atoms with E-state index in [1.807, 2.05) is 12.1 Å². The van der Waals surface area contributed by atoms with Gasteiger partial charge in [-0.05, 0) is 31.4 Å². The topological polar surface area (TPSA) is 39.9 Å². The molecule has 2 heterocycles. The highest BCUT2D eigenvalue weighted by Crippen LogP contribution is 2.31. The molecule has 3 rings (SSSR count). The number of hydrogen-bond donors (Lipinski definition) is 0. The average molecular weight is 345 g/mol. The maximum atomic E-state index is 5.45. The van der Waals surface area contributed by atoms with Gasteiger partial charge >= 0.3 is 0 Å². The monoisotopic (exact) mass is 345 g/mol. The molecule has 0 N–H and O–H groups in total. The minimum atomic E-state index is 0.813. The molecular weight excluding hydrogens is 326 g/mol. The summed E-state index contributed by atoms with van der Waals surface area (Å²) < 4.78 is 7.62. The van der Waals surface area contributed by atoms with Crippen molar-refractivity contribution in [1.29, 1.82) is 0 Å². The van der Waals surface area contributed by atoms with Crippen LogP contribution >= 0.6 is 23.1 Å². The van der Waals surface area contributed by atoms with Crippen LogP contribution in [0.2, 0.25) is 0 Å². The van der Waals surface area contributed by atoms with Crippen LogP contribution in [0.25, 0.3) is 10.7 Å². The standard InChI is InChI=1S/C17H19N3OS2/c1-4-20-16(15-6-5-9-22-15)18-19-17(20)23-11-13-10-12(2)7-8-14(13)21-3/h5-10H,4,11H2,1-3H3. The lowest BCUT2D eigenvalue weighted by atomic mass is 10.1. The third-order valence-electron chi connectivity index (χ3n) is 3.57. The number of methoxy groups -OCH3 is 1. The van der Waals surface area contributed by atoms with Crippen molar-refractivity contribution in [2.24, 2.45) is 0 Å². The largest absolute Gasteiger partial charge is 0.496 e. The van der Waals surface area contributed by atoms with E-state index in [1.165, 1.54) is 11.1 Å². The molecule has 6 heteroatoms. The summed E-state index contributed by atoms with van der Waals surface area (Å²) in [4.78, 5) is 1.15. The lowest BCUT2D eigenvalue weighted by Crippen LogP contribution is -1.99. The minimum absolute atomic E-state index is 0.813. The van der Waals surface area contributed by atoms with Crippen molar-refractivity contribution in [2.45, 2.75) is 31.3 Å². The number of aromatic nitrogens is 3. The molecule has 1 aromatic carbocycles. The summed E-state index contributed by atoms with van der Waals surface area (Å²) in [5.41, 5.74) is 2.42. The normalized spacial score (nSPS) is 10.9.